The first-order valence-corrected chi connectivity index (χ1v) is 9.78. The molecule has 0 aliphatic carbocycles. The smallest absolute Gasteiger partial charge is 0.224 e. The van der Waals surface area contributed by atoms with Gasteiger partial charge in [0.25, 0.3) is 0 Å². The lowest BCUT2D eigenvalue weighted by Crippen LogP contribution is -2.12. The van der Waals surface area contributed by atoms with Crippen molar-refractivity contribution in [1.29, 1.82) is 0 Å². The van der Waals surface area contributed by atoms with Crippen molar-refractivity contribution < 1.29 is 14.3 Å². The van der Waals surface area contributed by atoms with Crippen molar-refractivity contribution in [3.8, 4) is 11.5 Å². The van der Waals surface area contributed by atoms with Crippen molar-refractivity contribution in [3.63, 3.8) is 0 Å². The van der Waals surface area contributed by atoms with E-state index in [1.165, 1.54) is 0 Å². The number of fused-ring (bicyclic) bond motifs is 1. The number of anilines is 1. The molecule has 4 rings (SSSR count). The quantitative estimate of drug-likeness (QED) is 0.472. The lowest BCUT2D eigenvalue weighted by Gasteiger charge is -2.09. The maximum atomic E-state index is 12.3. The number of aromatic nitrogens is 2. The summed E-state index contributed by atoms with van der Waals surface area (Å²) in [5, 5.41) is 2.93. The summed E-state index contributed by atoms with van der Waals surface area (Å²) in [6, 6.07) is 21.0. The summed E-state index contributed by atoms with van der Waals surface area (Å²) in [5.41, 5.74) is 3.49. The summed E-state index contributed by atoms with van der Waals surface area (Å²) in [5.74, 6) is 1.43. The number of hydrogen-bond donors (Lipinski definition) is 1. The van der Waals surface area contributed by atoms with Gasteiger partial charge in [0.05, 0.1) is 12.8 Å². The van der Waals surface area contributed by atoms with E-state index < -0.39 is 0 Å². The van der Waals surface area contributed by atoms with Gasteiger partial charge in [-0.15, -0.1) is 0 Å². The second kappa shape index (κ2) is 9.13. The Hall–Kier alpha value is -3.80. The van der Waals surface area contributed by atoms with Gasteiger partial charge in [-0.05, 0) is 48.4 Å². The minimum absolute atomic E-state index is 0.0460. The van der Waals surface area contributed by atoms with Gasteiger partial charge in [-0.25, -0.2) is 4.98 Å². The molecular weight excluding hydrogens is 378 g/mol. The van der Waals surface area contributed by atoms with E-state index in [-0.39, 0.29) is 5.91 Å². The number of pyridine rings is 1. The summed E-state index contributed by atoms with van der Waals surface area (Å²) in [4.78, 5) is 16.9. The highest BCUT2D eigenvalue weighted by atomic mass is 16.5. The number of carbonyl (C=O) groups excluding carboxylic acids is 1. The SMILES string of the molecule is COc1cccc(CCC(=O)Nc2cccc(OCc3cn4ccccc4n3)c2)c1. The molecule has 30 heavy (non-hydrogen) atoms. The summed E-state index contributed by atoms with van der Waals surface area (Å²) in [7, 11) is 1.63. The van der Waals surface area contributed by atoms with Crippen molar-refractivity contribution in [2.75, 3.05) is 12.4 Å². The molecule has 0 saturated carbocycles. The molecule has 0 radical (unpaired) electrons. The molecule has 0 spiro atoms. The number of aryl methyl sites for hydroxylation is 1. The highest BCUT2D eigenvalue weighted by molar-refractivity contribution is 5.91. The topological polar surface area (TPSA) is 64.9 Å². The van der Waals surface area contributed by atoms with Gasteiger partial charge in [0, 0.05) is 30.6 Å². The number of methoxy groups -OCH3 is 1. The minimum Gasteiger partial charge on any atom is -0.497 e. The van der Waals surface area contributed by atoms with Crippen LogP contribution in [0.4, 0.5) is 5.69 Å². The van der Waals surface area contributed by atoms with E-state index >= 15 is 0 Å². The minimum atomic E-state index is -0.0460. The number of ether oxygens (including phenoxy) is 2. The fraction of sp³-hybridized carbons (Fsp3) is 0.167. The van der Waals surface area contributed by atoms with Crippen LogP contribution in [0.2, 0.25) is 0 Å². The number of nitrogens with zero attached hydrogens (tertiary/aromatic N) is 2. The van der Waals surface area contributed by atoms with Crippen molar-refractivity contribution >= 4 is 17.2 Å². The standard InChI is InChI=1S/C24H23N3O3/c1-29-21-8-4-6-18(14-21)11-12-24(28)26-19-7-5-9-22(15-19)30-17-20-16-27-13-3-2-10-23(27)25-20/h2-10,13-16H,11-12,17H2,1H3,(H,26,28). The largest absolute Gasteiger partial charge is 0.497 e. The predicted molar refractivity (Wildman–Crippen MR) is 116 cm³/mol. The lowest BCUT2D eigenvalue weighted by atomic mass is 10.1. The van der Waals surface area contributed by atoms with Crippen LogP contribution in [0.1, 0.15) is 17.7 Å². The number of hydrogen-bond acceptors (Lipinski definition) is 4. The Labute approximate surface area is 175 Å². The maximum absolute atomic E-state index is 12.3. The van der Waals surface area contributed by atoms with Gasteiger partial charge >= 0.3 is 0 Å². The van der Waals surface area contributed by atoms with Crippen LogP contribution in [0.15, 0.2) is 79.1 Å². The number of rotatable bonds is 8. The monoisotopic (exact) mass is 401 g/mol. The van der Waals surface area contributed by atoms with Crippen molar-refractivity contribution in [2.24, 2.45) is 0 Å². The Morgan fingerprint density at radius 2 is 1.90 bits per heavy atom. The van der Waals surface area contributed by atoms with Crippen molar-refractivity contribution in [3.05, 3.63) is 90.4 Å². The fourth-order valence-electron chi connectivity index (χ4n) is 3.19. The third-order valence-corrected chi connectivity index (χ3v) is 4.69. The van der Waals surface area contributed by atoms with Gasteiger partial charge in [-0.3, -0.25) is 4.79 Å². The lowest BCUT2D eigenvalue weighted by molar-refractivity contribution is -0.116. The van der Waals surface area contributed by atoms with E-state index in [9.17, 15) is 4.79 Å². The van der Waals surface area contributed by atoms with E-state index in [0.29, 0.717) is 30.9 Å². The number of imidazole rings is 1. The van der Waals surface area contributed by atoms with Gasteiger partial charge in [-0.1, -0.05) is 24.3 Å². The first-order valence-electron chi connectivity index (χ1n) is 9.78. The molecular formula is C24H23N3O3. The molecule has 2 aromatic heterocycles. The van der Waals surface area contributed by atoms with Crippen LogP contribution in [-0.4, -0.2) is 22.4 Å². The van der Waals surface area contributed by atoms with Crippen molar-refractivity contribution in [2.45, 2.75) is 19.4 Å². The predicted octanol–water partition coefficient (Wildman–Crippen LogP) is 4.49. The second-order valence-electron chi connectivity index (χ2n) is 6.91. The zero-order valence-corrected chi connectivity index (χ0v) is 16.7. The normalized spacial score (nSPS) is 10.7. The third kappa shape index (κ3) is 4.97. The first-order chi connectivity index (χ1) is 14.7. The molecule has 152 valence electrons. The molecule has 6 heteroatoms. The number of benzene rings is 2. The van der Waals surface area contributed by atoms with E-state index in [4.69, 9.17) is 9.47 Å². The molecule has 0 saturated heterocycles. The van der Waals surface area contributed by atoms with Crippen LogP contribution in [0.5, 0.6) is 11.5 Å². The van der Waals surface area contributed by atoms with Gasteiger partial charge in [0.15, 0.2) is 0 Å². The van der Waals surface area contributed by atoms with E-state index in [1.54, 1.807) is 7.11 Å². The molecule has 0 aliphatic rings. The highest BCUT2D eigenvalue weighted by Crippen LogP contribution is 2.20. The van der Waals surface area contributed by atoms with Crippen LogP contribution in [0.25, 0.3) is 5.65 Å². The maximum Gasteiger partial charge on any atom is 0.224 e. The van der Waals surface area contributed by atoms with Gasteiger partial charge in [0.1, 0.15) is 23.8 Å². The fourth-order valence-corrected chi connectivity index (χ4v) is 3.19. The molecule has 0 fully saturated rings. The van der Waals surface area contributed by atoms with Gasteiger partial charge in [-0.2, -0.15) is 0 Å². The zero-order valence-electron chi connectivity index (χ0n) is 16.7. The number of carbonyl (C=O) groups is 1. The van der Waals surface area contributed by atoms with Gasteiger partial charge < -0.3 is 19.2 Å². The molecule has 1 N–H and O–H groups in total. The highest BCUT2D eigenvalue weighted by Gasteiger charge is 2.06. The van der Waals surface area contributed by atoms with Crippen LogP contribution >= 0.6 is 0 Å². The average molecular weight is 401 g/mol. The molecule has 0 atom stereocenters. The molecule has 4 aromatic rings. The molecule has 0 unspecified atom stereocenters. The van der Waals surface area contributed by atoms with E-state index in [1.807, 2.05) is 83.5 Å². The Kier molecular flexibility index (Phi) is 5.94. The molecule has 6 nitrogen and oxygen atoms in total. The number of amides is 1. The van der Waals surface area contributed by atoms with Gasteiger partial charge in [0.2, 0.25) is 5.91 Å². The molecule has 2 heterocycles. The summed E-state index contributed by atoms with van der Waals surface area (Å²) in [6.07, 6.45) is 4.93. The van der Waals surface area contributed by atoms with Crippen LogP contribution < -0.4 is 14.8 Å². The van der Waals surface area contributed by atoms with E-state index in [2.05, 4.69) is 10.3 Å². The second-order valence-corrected chi connectivity index (χ2v) is 6.91. The molecule has 0 aliphatic heterocycles. The Bertz CT molecular complexity index is 1120. The zero-order chi connectivity index (χ0) is 20.8. The Morgan fingerprint density at radius 1 is 1.03 bits per heavy atom. The first kappa shape index (κ1) is 19.5. The summed E-state index contributed by atoms with van der Waals surface area (Å²) < 4.78 is 13.0. The molecule has 1 amide bonds. The van der Waals surface area contributed by atoms with E-state index in [0.717, 1.165) is 22.7 Å². The third-order valence-electron chi connectivity index (χ3n) is 4.69. The average Bonchev–Trinajstić information content (AvgIpc) is 3.20. The number of nitrogens with one attached hydrogen (secondary N) is 1. The molecule has 0 bridgehead atoms. The van der Waals surface area contributed by atoms with Crippen LogP contribution in [0, 0.1) is 0 Å². The Morgan fingerprint density at radius 3 is 2.77 bits per heavy atom. The van der Waals surface area contributed by atoms with Crippen LogP contribution in [0.3, 0.4) is 0 Å². The van der Waals surface area contributed by atoms with Crippen LogP contribution in [-0.2, 0) is 17.8 Å². The summed E-state index contributed by atoms with van der Waals surface area (Å²) in [6.45, 7) is 0.356. The Balaban J connectivity index is 1.31. The molecule has 2 aromatic carbocycles. The summed E-state index contributed by atoms with van der Waals surface area (Å²) >= 11 is 0. The van der Waals surface area contributed by atoms with Crippen molar-refractivity contribution in [1.82, 2.24) is 9.38 Å².